The van der Waals surface area contributed by atoms with Crippen molar-refractivity contribution in [2.45, 2.75) is 85.0 Å². The van der Waals surface area contributed by atoms with Crippen molar-refractivity contribution in [3.05, 3.63) is 11.6 Å². The first-order valence-corrected chi connectivity index (χ1v) is 11.2. The topological polar surface area (TPSA) is 37.3 Å². The predicted octanol–water partition coefficient (Wildman–Crippen LogP) is 5.54. The molecule has 26 heavy (non-hydrogen) atoms. The summed E-state index contributed by atoms with van der Waals surface area (Å²) in [6.45, 7) is 7.88. The van der Waals surface area contributed by atoms with Gasteiger partial charge in [-0.1, -0.05) is 26.3 Å². The molecule has 3 saturated carbocycles. The Kier molecular flexibility index (Phi) is 4.87. The quantitative estimate of drug-likeness (QED) is 0.716. The van der Waals surface area contributed by atoms with Gasteiger partial charge >= 0.3 is 0 Å². The van der Waals surface area contributed by atoms with Gasteiger partial charge in [0.25, 0.3) is 0 Å². The van der Waals surface area contributed by atoms with Gasteiger partial charge in [0.05, 0.1) is 0 Å². The number of carbonyl (C=O) groups is 1. The second-order valence-electron chi connectivity index (χ2n) is 10.5. The first-order valence-electron chi connectivity index (χ1n) is 11.2. The summed E-state index contributed by atoms with van der Waals surface area (Å²) in [4.78, 5) is 12.0. The van der Waals surface area contributed by atoms with Gasteiger partial charge in [0, 0.05) is 13.0 Å². The van der Waals surface area contributed by atoms with Crippen molar-refractivity contribution < 1.29 is 9.90 Å². The third kappa shape index (κ3) is 2.74. The molecule has 0 bridgehead atoms. The molecule has 2 heteroatoms. The van der Waals surface area contributed by atoms with Crippen molar-refractivity contribution in [1.29, 1.82) is 0 Å². The highest BCUT2D eigenvalue weighted by molar-refractivity contribution is 5.91. The molecule has 3 fully saturated rings. The number of rotatable bonds is 4. The Balaban J connectivity index is 1.56. The Labute approximate surface area is 159 Å². The third-order valence-electron chi connectivity index (χ3n) is 9.54. The minimum atomic E-state index is 0.304. The number of ketones is 1. The molecule has 0 unspecified atom stereocenters. The van der Waals surface area contributed by atoms with Crippen LogP contribution in [0.2, 0.25) is 0 Å². The predicted molar refractivity (Wildman–Crippen MR) is 106 cm³/mol. The van der Waals surface area contributed by atoms with Gasteiger partial charge in [-0.3, -0.25) is 4.79 Å². The molecular weight excluding hydrogens is 320 g/mol. The zero-order chi connectivity index (χ0) is 18.5. The largest absolute Gasteiger partial charge is 0.396 e. The number of carbonyl (C=O) groups excluding carboxylic acids is 1. The van der Waals surface area contributed by atoms with Gasteiger partial charge in [-0.05, 0) is 104 Å². The van der Waals surface area contributed by atoms with E-state index >= 15 is 0 Å². The van der Waals surface area contributed by atoms with E-state index in [1.165, 1.54) is 50.5 Å². The lowest BCUT2D eigenvalue weighted by Gasteiger charge is -2.58. The Bertz CT molecular complexity index is 593. The first-order chi connectivity index (χ1) is 12.4. The minimum Gasteiger partial charge on any atom is -0.396 e. The van der Waals surface area contributed by atoms with E-state index in [1.54, 1.807) is 0 Å². The highest BCUT2D eigenvalue weighted by Gasteiger charge is 2.59. The van der Waals surface area contributed by atoms with Crippen LogP contribution in [0.1, 0.15) is 85.0 Å². The van der Waals surface area contributed by atoms with Crippen LogP contribution in [-0.4, -0.2) is 17.5 Å². The molecule has 4 aliphatic rings. The Morgan fingerprint density at radius 3 is 2.69 bits per heavy atom. The number of allylic oxidation sites excluding steroid dienone is 1. The van der Waals surface area contributed by atoms with Gasteiger partial charge in [0.1, 0.15) is 0 Å². The van der Waals surface area contributed by atoms with Crippen molar-refractivity contribution >= 4 is 5.78 Å². The summed E-state index contributed by atoms with van der Waals surface area (Å²) < 4.78 is 0. The maximum absolute atomic E-state index is 12.0. The van der Waals surface area contributed by atoms with Crippen LogP contribution in [0.3, 0.4) is 0 Å². The number of hydrogen-bond donors (Lipinski definition) is 1. The maximum Gasteiger partial charge on any atom is 0.155 e. The smallest absolute Gasteiger partial charge is 0.155 e. The van der Waals surface area contributed by atoms with Crippen molar-refractivity contribution in [1.82, 2.24) is 0 Å². The molecule has 0 amide bonds. The summed E-state index contributed by atoms with van der Waals surface area (Å²) in [5.41, 5.74) is 2.31. The van der Waals surface area contributed by atoms with E-state index in [1.807, 2.05) is 6.08 Å². The minimum absolute atomic E-state index is 0.304. The fraction of sp³-hybridized carbons (Fsp3) is 0.875. The number of aliphatic hydroxyl groups is 1. The first kappa shape index (κ1) is 18.7. The highest BCUT2D eigenvalue weighted by atomic mass is 16.2. The second kappa shape index (κ2) is 6.76. The van der Waals surface area contributed by atoms with Gasteiger partial charge in [-0.25, -0.2) is 0 Å². The molecule has 2 nitrogen and oxygen atoms in total. The molecule has 0 saturated heterocycles. The molecule has 4 aliphatic carbocycles. The van der Waals surface area contributed by atoms with Gasteiger partial charge in [-0.2, -0.15) is 0 Å². The van der Waals surface area contributed by atoms with Crippen LogP contribution in [-0.2, 0) is 4.79 Å². The molecule has 0 spiro atoms. The van der Waals surface area contributed by atoms with Crippen LogP contribution in [0.25, 0.3) is 0 Å². The summed E-state index contributed by atoms with van der Waals surface area (Å²) >= 11 is 0. The SMILES string of the molecule is C[C@H](CCCO)[C@@H]1CC[C@@H]2[C@H]3CCC4=CC(=O)CC[C@]4(C)[C@@H]3CC[C@]21C. The van der Waals surface area contributed by atoms with Gasteiger partial charge < -0.3 is 5.11 Å². The van der Waals surface area contributed by atoms with E-state index in [4.69, 9.17) is 0 Å². The van der Waals surface area contributed by atoms with Crippen LogP contribution in [0.15, 0.2) is 11.6 Å². The average Bonchev–Trinajstić information content (AvgIpc) is 2.97. The summed E-state index contributed by atoms with van der Waals surface area (Å²) in [6.07, 6.45) is 14.1. The third-order valence-corrected chi connectivity index (χ3v) is 9.54. The Morgan fingerprint density at radius 2 is 1.92 bits per heavy atom. The average molecular weight is 359 g/mol. The molecule has 146 valence electrons. The van der Waals surface area contributed by atoms with Gasteiger partial charge in [0.15, 0.2) is 5.78 Å². The molecule has 0 aliphatic heterocycles. The molecule has 4 rings (SSSR count). The summed E-state index contributed by atoms with van der Waals surface area (Å²) in [6, 6.07) is 0. The lowest BCUT2D eigenvalue weighted by atomic mass is 9.46. The molecule has 0 radical (unpaired) electrons. The van der Waals surface area contributed by atoms with Crippen LogP contribution >= 0.6 is 0 Å². The molecule has 1 N–H and O–H groups in total. The van der Waals surface area contributed by atoms with Crippen LogP contribution < -0.4 is 0 Å². The zero-order valence-corrected chi connectivity index (χ0v) is 17.1. The van der Waals surface area contributed by atoms with E-state index in [9.17, 15) is 9.90 Å². The van der Waals surface area contributed by atoms with Crippen molar-refractivity contribution in [3.63, 3.8) is 0 Å². The Hall–Kier alpha value is -0.630. The van der Waals surface area contributed by atoms with Crippen LogP contribution in [0.5, 0.6) is 0 Å². The fourth-order valence-electron chi connectivity index (χ4n) is 8.15. The summed E-state index contributed by atoms with van der Waals surface area (Å²) in [5, 5.41) is 9.24. The van der Waals surface area contributed by atoms with Crippen LogP contribution in [0.4, 0.5) is 0 Å². The molecule has 7 atom stereocenters. The summed E-state index contributed by atoms with van der Waals surface area (Å²) in [7, 11) is 0. The molecule has 0 heterocycles. The molecule has 0 aromatic heterocycles. The van der Waals surface area contributed by atoms with Gasteiger partial charge in [-0.15, -0.1) is 0 Å². The molecule has 0 aromatic carbocycles. The van der Waals surface area contributed by atoms with Crippen molar-refractivity contribution in [2.75, 3.05) is 6.61 Å². The Morgan fingerprint density at radius 1 is 1.12 bits per heavy atom. The highest BCUT2D eigenvalue weighted by Crippen LogP contribution is 2.67. The normalized spacial score (nSPS) is 46.2. The van der Waals surface area contributed by atoms with E-state index in [0.717, 1.165) is 48.9 Å². The lowest BCUT2D eigenvalue weighted by molar-refractivity contribution is -0.117. The van der Waals surface area contributed by atoms with E-state index in [0.29, 0.717) is 23.2 Å². The summed E-state index contributed by atoms with van der Waals surface area (Å²) in [5.74, 6) is 4.53. The van der Waals surface area contributed by atoms with E-state index < -0.39 is 0 Å². The zero-order valence-electron chi connectivity index (χ0n) is 17.1. The second-order valence-corrected chi connectivity index (χ2v) is 10.5. The van der Waals surface area contributed by atoms with Crippen LogP contribution in [0, 0.1) is 40.4 Å². The number of fused-ring (bicyclic) bond motifs is 5. The van der Waals surface area contributed by atoms with E-state index in [-0.39, 0.29) is 0 Å². The molecular formula is C24H38O2. The van der Waals surface area contributed by atoms with Gasteiger partial charge in [0.2, 0.25) is 0 Å². The number of aliphatic hydroxyl groups excluding tert-OH is 1. The molecule has 0 aromatic rings. The van der Waals surface area contributed by atoms with E-state index in [2.05, 4.69) is 20.8 Å². The van der Waals surface area contributed by atoms with Crippen molar-refractivity contribution in [2.24, 2.45) is 40.4 Å². The lowest BCUT2D eigenvalue weighted by Crippen LogP contribution is -2.50. The monoisotopic (exact) mass is 358 g/mol. The standard InChI is InChI=1S/C24H38O2/c1-16(5-4-14-25)20-8-9-21-19-7-6-17-15-18(26)10-12-23(17,2)22(19)11-13-24(20,21)3/h15-16,19-22,25H,4-14H2,1-3H3/t16-,19-,20+,21-,22-,23+,24+/m1/s1. The van der Waals surface area contributed by atoms with Crippen molar-refractivity contribution in [3.8, 4) is 0 Å². The fourth-order valence-corrected chi connectivity index (χ4v) is 8.15. The number of hydrogen-bond acceptors (Lipinski definition) is 2. The maximum atomic E-state index is 12.0.